The molecule has 0 saturated carbocycles. The molecule has 0 fully saturated rings. The normalized spacial score (nSPS) is 10.6. The average Bonchev–Trinajstić information content (AvgIpc) is 2.61. The van der Waals surface area contributed by atoms with Crippen LogP contribution in [0, 0.1) is 6.92 Å². The second-order valence-corrected chi connectivity index (χ2v) is 3.98. The van der Waals surface area contributed by atoms with Gasteiger partial charge in [0.1, 0.15) is 0 Å². The first-order valence-electron chi connectivity index (χ1n) is 5.55. The fourth-order valence-electron chi connectivity index (χ4n) is 1.82. The van der Waals surface area contributed by atoms with Gasteiger partial charge in [-0.2, -0.15) is 5.10 Å². The zero-order valence-corrected chi connectivity index (χ0v) is 9.64. The maximum Gasteiger partial charge on any atom is 0.157 e. The monoisotopic (exact) mass is 216 g/mol. The molecule has 0 amide bonds. The van der Waals surface area contributed by atoms with Gasteiger partial charge in [0, 0.05) is 0 Å². The van der Waals surface area contributed by atoms with E-state index < -0.39 is 0 Å². The molecule has 84 valence electrons. The Morgan fingerprint density at radius 1 is 1.38 bits per heavy atom. The van der Waals surface area contributed by atoms with Crippen LogP contribution in [-0.2, 0) is 6.42 Å². The summed E-state index contributed by atoms with van der Waals surface area (Å²) in [5.74, 6) is 0.281. The molecule has 2 rings (SSSR count). The molecule has 1 aromatic heterocycles. The highest BCUT2D eigenvalue weighted by Gasteiger charge is 2.10. The zero-order valence-electron chi connectivity index (χ0n) is 9.64. The van der Waals surface area contributed by atoms with Gasteiger partial charge in [0.15, 0.2) is 5.75 Å². The van der Waals surface area contributed by atoms with E-state index in [0.29, 0.717) is 0 Å². The molecule has 0 unspecified atom stereocenters. The predicted molar refractivity (Wildman–Crippen MR) is 64.0 cm³/mol. The van der Waals surface area contributed by atoms with Gasteiger partial charge in [0.25, 0.3) is 0 Å². The molecule has 1 heterocycles. The Kier molecular flexibility index (Phi) is 2.95. The Hall–Kier alpha value is -1.77. The van der Waals surface area contributed by atoms with Crippen LogP contribution in [-0.4, -0.2) is 14.9 Å². The number of hydrogen-bond donors (Lipinski definition) is 1. The molecule has 0 saturated heterocycles. The van der Waals surface area contributed by atoms with Gasteiger partial charge in [0.2, 0.25) is 0 Å². The molecule has 1 N–H and O–H groups in total. The minimum Gasteiger partial charge on any atom is -0.504 e. The Balaban J connectivity index is 2.47. The van der Waals surface area contributed by atoms with Gasteiger partial charge in [-0.3, -0.25) is 0 Å². The van der Waals surface area contributed by atoms with E-state index in [-0.39, 0.29) is 5.75 Å². The third kappa shape index (κ3) is 1.94. The third-order valence-electron chi connectivity index (χ3n) is 2.58. The summed E-state index contributed by atoms with van der Waals surface area (Å²) in [7, 11) is 0. The van der Waals surface area contributed by atoms with E-state index in [9.17, 15) is 5.11 Å². The largest absolute Gasteiger partial charge is 0.504 e. The lowest BCUT2D eigenvalue weighted by Crippen LogP contribution is -2.02. The number of hydrogen-bond acceptors (Lipinski definition) is 2. The van der Waals surface area contributed by atoms with Gasteiger partial charge >= 0.3 is 0 Å². The number of rotatable bonds is 3. The number of benzene rings is 1. The SMILES string of the molecule is CCCc1c(O)cnn1-c1cccc(C)c1. The van der Waals surface area contributed by atoms with Gasteiger partial charge < -0.3 is 5.11 Å². The van der Waals surface area contributed by atoms with Crippen molar-refractivity contribution in [3.05, 3.63) is 41.7 Å². The summed E-state index contributed by atoms with van der Waals surface area (Å²) < 4.78 is 1.81. The summed E-state index contributed by atoms with van der Waals surface area (Å²) in [6.07, 6.45) is 3.33. The van der Waals surface area contributed by atoms with E-state index in [1.807, 2.05) is 29.8 Å². The fourth-order valence-corrected chi connectivity index (χ4v) is 1.82. The average molecular weight is 216 g/mol. The summed E-state index contributed by atoms with van der Waals surface area (Å²) in [6, 6.07) is 8.11. The molecule has 2 aromatic rings. The van der Waals surface area contributed by atoms with Crippen LogP contribution in [0.25, 0.3) is 5.69 Å². The van der Waals surface area contributed by atoms with E-state index in [2.05, 4.69) is 18.1 Å². The highest BCUT2D eigenvalue weighted by Crippen LogP contribution is 2.21. The van der Waals surface area contributed by atoms with E-state index in [1.54, 1.807) is 0 Å². The topological polar surface area (TPSA) is 38.1 Å². The summed E-state index contributed by atoms with van der Waals surface area (Å²) in [6.45, 7) is 4.14. The standard InChI is InChI=1S/C13H16N2O/c1-3-5-12-13(16)9-14-15(12)11-7-4-6-10(2)8-11/h4,6-9,16H,3,5H2,1-2H3. The maximum absolute atomic E-state index is 9.71. The summed E-state index contributed by atoms with van der Waals surface area (Å²) >= 11 is 0. The molecule has 3 heteroatoms. The molecule has 3 nitrogen and oxygen atoms in total. The molecular weight excluding hydrogens is 200 g/mol. The minimum absolute atomic E-state index is 0.281. The number of aryl methyl sites for hydroxylation is 1. The maximum atomic E-state index is 9.71. The number of nitrogens with zero attached hydrogens (tertiary/aromatic N) is 2. The molecule has 16 heavy (non-hydrogen) atoms. The predicted octanol–water partition coefficient (Wildman–Crippen LogP) is 2.84. The van der Waals surface area contributed by atoms with E-state index in [4.69, 9.17) is 0 Å². The molecule has 0 bridgehead atoms. The summed E-state index contributed by atoms with van der Waals surface area (Å²) in [4.78, 5) is 0. The van der Waals surface area contributed by atoms with Crippen molar-refractivity contribution < 1.29 is 5.11 Å². The Bertz CT molecular complexity index is 488. The molecule has 1 aromatic carbocycles. The highest BCUT2D eigenvalue weighted by atomic mass is 16.3. The molecule has 0 aliphatic heterocycles. The van der Waals surface area contributed by atoms with E-state index in [0.717, 1.165) is 24.2 Å². The second-order valence-electron chi connectivity index (χ2n) is 3.98. The lowest BCUT2D eigenvalue weighted by molar-refractivity contribution is 0.466. The third-order valence-corrected chi connectivity index (χ3v) is 2.58. The molecule has 0 spiro atoms. The lowest BCUT2D eigenvalue weighted by Gasteiger charge is -2.07. The first-order chi connectivity index (χ1) is 7.72. The Labute approximate surface area is 95.3 Å². The van der Waals surface area contributed by atoms with Gasteiger partial charge in [-0.25, -0.2) is 4.68 Å². The molecule has 0 aliphatic carbocycles. The van der Waals surface area contributed by atoms with Gasteiger partial charge in [0.05, 0.1) is 17.6 Å². The van der Waals surface area contributed by atoms with Crippen molar-refractivity contribution in [2.75, 3.05) is 0 Å². The van der Waals surface area contributed by atoms with Gasteiger partial charge in [-0.1, -0.05) is 25.5 Å². The van der Waals surface area contributed by atoms with Crippen LogP contribution >= 0.6 is 0 Å². The van der Waals surface area contributed by atoms with E-state index in [1.165, 1.54) is 11.8 Å². The van der Waals surface area contributed by atoms with Crippen molar-refractivity contribution >= 4 is 0 Å². The highest BCUT2D eigenvalue weighted by molar-refractivity contribution is 5.39. The summed E-state index contributed by atoms with van der Waals surface area (Å²) in [5.41, 5.74) is 3.08. The van der Waals surface area contributed by atoms with Crippen LogP contribution in [0.5, 0.6) is 5.75 Å². The molecule has 0 atom stereocenters. The van der Waals surface area contributed by atoms with Crippen molar-refractivity contribution in [1.82, 2.24) is 9.78 Å². The van der Waals surface area contributed by atoms with Gasteiger partial charge in [-0.15, -0.1) is 0 Å². The molecular formula is C13H16N2O. The molecule has 0 aliphatic rings. The van der Waals surface area contributed by atoms with Gasteiger partial charge in [-0.05, 0) is 31.0 Å². The van der Waals surface area contributed by atoms with Crippen LogP contribution in [0.1, 0.15) is 24.6 Å². The summed E-state index contributed by atoms with van der Waals surface area (Å²) in [5, 5.41) is 13.9. The fraction of sp³-hybridized carbons (Fsp3) is 0.308. The van der Waals surface area contributed by atoms with Crippen molar-refractivity contribution in [2.24, 2.45) is 0 Å². The van der Waals surface area contributed by atoms with Crippen LogP contribution in [0.15, 0.2) is 30.5 Å². The Morgan fingerprint density at radius 2 is 2.19 bits per heavy atom. The molecule has 0 radical (unpaired) electrons. The van der Waals surface area contributed by atoms with Crippen molar-refractivity contribution in [3.8, 4) is 11.4 Å². The first-order valence-corrected chi connectivity index (χ1v) is 5.55. The quantitative estimate of drug-likeness (QED) is 0.856. The zero-order chi connectivity index (χ0) is 11.5. The van der Waals surface area contributed by atoms with E-state index >= 15 is 0 Å². The smallest absolute Gasteiger partial charge is 0.157 e. The van der Waals surface area contributed by atoms with Crippen molar-refractivity contribution in [1.29, 1.82) is 0 Å². The van der Waals surface area contributed by atoms with Crippen molar-refractivity contribution in [2.45, 2.75) is 26.7 Å². The first kappa shape index (κ1) is 10.7. The van der Waals surface area contributed by atoms with Crippen LogP contribution in [0.2, 0.25) is 0 Å². The second kappa shape index (κ2) is 4.39. The van der Waals surface area contributed by atoms with Crippen molar-refractivity contribution in [3.63, 3.8) is 0 Å². The Morgan fingerprint density at radius 3 is 2.88 bits per heavy atom. The van der Waals surface area contributed by atoms with Crippen LogP contribution in [0.4, 0.5) is 0 Å². The number of aromatic hydroxyl groups is 1. The van der Waals surface area contributed by atoms with Crippen LogP contribution in [0.3, 0.4) is 0 Å². The minimum atomic E-state index is 0.281. The number of aromatic nitrogens is 2. The lowest BCUT2D eigenvalue weighted by atomic mass is 10.2. The van der Waals surface area contributed by atoms with Crippen LogP contribution < -0.4 is 0 Å².